The number of carboxylic acids is 1. The standard InChI is InChI=1S/C18H23NO3/c1-12-4-3-9-19(16(12)11-17(20)21)18(22)15-8-7-13-5-2-6-14(13)10-15/h7-8,10,12,16H,2-6,9,11H2,1H3,(H,20,21). The van der Waals surface area contributed by atoms with Crippen LogP contribution in [0.4, 0.5) is 0 Å². The molecule has 1 aromatic carbocycles. The maximum absolute atomic E-state index is 12.9. The fourth-order valence-corrected chi connectivity index (χ4v) is 3.86. The second kappa shape index (κ2) is 6.11. The average Bonchev–Trinajstić information content (AvgIpc) is 2.95. The molecule has 2 unspecified atom stereocenters. The molecule has 4 nitrogen and oxygen atoms in total. The van der Waals surface area contributed by atoms with Crippen LogP contribution in [0, 0.1) is 5.92 Å². The molecule has 4 heteroatoms. The van der Waals surface area contributed by atoms with Gasteiger partial charge in [-0.15, -0.1) is 0 Å². The zero-order valence-corrected chi connectivity index (χ0v) is 13.0. The van der Waals surface area contributed by atoms with Gasteiger partial charge in [-0.2, -0.15) is 0 Å². The summed E-state index contributed by atoms with van der Waals surface area (Å²) in [4.78, 5) is 25.8. The lowest BCUT2D eigenvalue weighted by molar-refractivity contribution is -0.138. The summed E-state index contributed by atoms with van der Waals surface area (Å²) < 4.78 is 0. The van der Waals surface area contributed by atoms with Gasteiger partial charge in [-0.25, -0.2) is 0 Å². The number of likely N-dealkylation sites (tertiary alicyclic amines) is 1. The van der Waals surface area contributed by atoms with Crippen molar-refractivity contribution in [3.8, 4) is 0 Å². The summed E-state index contributed by atoms with van der Waals surface area (Å²) in [7, 11) is 0. The van der Waals surface area contributed by atoms with Crippen molar-refractivity contribution in [3.63, 3.8) is 0 Å². The maximum Gasteiger partial charge on any atom is 0.305 e. The second-order valence-corrected chi connectivity index (χ2v) is 6.62. The van der Waals surface area contributed by atoms with E-state index in [9.17, 15) is 9.59 Å². The Kier molecular flexibility index (Phi) is 4.19. The summed E-state index contributed by atoms with van der Waals surface area (Å²) in [5, 5.41) is 9.14. The minimum Gasteiger partial charge on any atom is -0.481 e. The molecule has 3 rings (SSSR count). The first-order valence-corrected chi connectivity index (χ1v) is 8.21. The quantitative estimate of drug-likeness (QED) is 0.934. The van der Waals surface area contributed by atoms with E-state index in [2.05, 4.69) is 13.0 Å². The predicted molar refractivity (Wildman–Crippen MR) is 83.9 cm³/mol. The van der Waals surface area contributed by atoms with Crippen LogP contribution in [0.15, 0.2) is 18.2 Å². The summed E-state index contributed by atoms with van der Waals surface area (Å²) in [6.45, 7) is 2.72. The van der Waals surface area contributed by atoms with E-state index in [1.807, 2.05) is 12.1 Å². The van der Waals surface area contributed by atoms with Gasteiger partial charge in [0, 0.05) is 18.2 Å². The summed E-state index contributed by atoms with van der Waals surface area (Å²) >= 11 is 0. The molecule has 1 N–H and O–H groups in total. The number of carboxylic acid groups (broad SMARTS) is 1. The molecule has 0 radical (unpaired) electrons. The van der Waals surface area contributed by atoms with E-state index < -0.39 is 5.97 Å². The molecule has 0 bridgehead atoms. The molecule has 118 valence electrons. The van der Waals surface area contributed by atoms with E-state index in [0.29, 0.717) is 12.1 Å². The predicted octanol–water partition coefficient (Wildman–Crippen LogP) is 2.89. The number of hydrogen-bond donors (Lipinski definition) is 1. The Morgan fingerprint density at radius 1 is 1.23 bits per heavy atom. The molecule has 1 fully saturated rings. The van der Waals surface area contributed by atoms with Gasteiger partial charge >= 0.3 is 5.97 Å². The van der Waals surface area contributed by atoms with Crippen molar-refractivity contribution >= 4 is 11.9 Å². The summed E-state index contributed by atoms with van der Waals surface area (Å²) in [5.41, 5.74) is 3.35. The molecule has 1 aromatic rings. The molecule has 1 saturated heterocycles. The Labute approximate surface area is 131 Å². The van der Waals surface area contributed by atoms with Crippen molar-refractivity contribution < 1.29 is 14.7 Å². The average molecular weight is 301 g/mol. The number of fused-ring (bicyclic) bond motifs is 1. The number of piperidine rings is 1. The van der Waals surface area contributed by atoms with Crippen LogP contribution in [0.25, 0.3) is 0 Å². The highest BCUT2D eigenvalue weighted by Gasteiger charge is 2.34. The molecule has 0 saturated carbocycles. The van der Waals surface area contributed by atoms with E-state index in [1.165, 1.54) is 11.1 Å². The topological polar surface area (TPSA) is 57.6 Å². The molecule has 2 atom stereocenters. The largest absolute Gasteiger partial charge is 0.481 e. The van der Waals surface area contributed by atoms with Gasteiger partial charge in [-0.1, -0.05) is 13.0 Å². The molecule has 0 aromatic heterocycles. The second-order valence-electron chi connectivity index (χ2n) is 6.62. The van der Waals surface area contributed by atoms with Crippen molar-refractivity contribution in [2.75, 3.05) is 6.54 Å². The molecule has 22 heavy (non-hydrogen) atoms. The minimum absolute atomic E-state index is 0.00694. The van der Waals surface area contributed by atoms with Gasteiger partial charge in [0.05, 0.1) is 6.42 Å². The summed E-state index contributed by atoms with van der Waals surface area (Å²) in [5.74, 6) is -0.596. The van der Waals surface area contributed by atoms with E-state index in [4.69, 9.17) is 5.11 Å². The summed E-state index contributed by atoms with van der Waals surface area (Å²) in [6, 6.07) is 5.80. The fourth-order valence-electron chi connectivity index (χ4n) is 3.86. The van der Waals surface area contributed by atoms with Crippen LogP contribution < -0.4 is 0 Å². The number of amides is 1. The number of aryl methyl sites for hydroxylation is 2. The lowest BCUT2D eigenvalue weighted by Gasteiger charge is -2.39. The first-order valence-electron chi connectivity index (χ1n) is 8.21. The fraction of sp³-hybridized carbons (Fsp3) is 0.556. The Morgan fingerprint density at radius 3 is 2.77 bits per heavy atom. The van der Waals surface area contributed by atoms with E-state index in [1.54, 1.807) is 4.90 Å². The Bertz CT molecular complexity index is 596. The lowest BCUT2D eigenvalue weighted by Crippen LogP contribution is -2.48. The first kappa shape index (κ1) is 15.1. The Balaban J connectivity index is 1.84. The van der Waals surface area contributed by atoms with Crippen LogP contribution in [0.1, 0.15) is 54.1 Å². The maximum atomic E-state index is 12.9. The number of aliphatic carboxylic acids is 1. The van der Waals surface area contributed by atoms with Crippen LogP contribution >= 0.6 is 0 Å². The van der Waals surface area contributed by atoms with Crippen LogP contribution in [-0.4, -0.2) is 34.5 Å². The van der Waals surface area contributed by atoms with Gasteiger partial charge in [0.25, 0.3) is 5.91 Å². The number of carbonyl (C=O) groups excluding carboxylic acids is 1. The van der Waals surface area contributed by atoms with E-state index in [-0.39, 0.29) is 24.3 Å². The molecular formula is C18H23NO3. The lowest BCUT2D eigenvalue weighted by atomic mass is 9.88. The first-order chi connectivity index (χ1) is 10.6. The molecule has 1 aliphatic heterocycles. The van der Waals surface area contributed by atoms with E-state index in [0.717, 1.165) is 32.1 Å². The number of benzene rings is 1. The van der Waals surface area contributed by atoms with Gasteiger partial charge in [0.15, 0.2) is 0 Å². The number of nitrogens with zero attached hydrogens (tertiary/aromatic N) is 1. The van der Waals surface area contributed by atoms with Crippen LogP contribution in [0.5, 0.6) is 0 Å². The molecule has 1 amide bonds. The summed E-state index contributed by atoms with van der Waals surface area (Å²) in [6.07, 6.45) is 5.30. The number of carbonyl (C=O) groups is 2. The Morgan fingerprint density at radius 2 is 2.00 bits per heavy atom. The third kappa shape index (κ3) is 2.87. The molecular weight excluding hydrogens is 278 g/mol. The number of rotatable bonds is 3. The van der Waals surface area contributed by atoms with Gasteiger partial charge in [0.1, 0.15) is 0 Å². The highest BCUT2D eigenvalue weighted by atomic mass is 16.4. The minimum atomic E-state index is -0.828. The monoisotopic (exact) mass is 301 g/mol. The van der Waals surface area contributed by atoms with Crippen LogP contribution in [0.3, 0.4) is 0 Å². The molecule has 2 aliphatic rings. The third-order valence-electron chi connectivity index (χ3n) is 5.11. The Hall–Kier alpha value is -1.84. The zero-order chi connectivity index (χ0) is 15.7. The van der Waals surface area contributed by atoms with Crippen molar-refractivity contribution in [1.29, 1.82) is 0 Å². The van der Waals surface area contributed by atoms with Crippen LogP contribution in [0.2, 0.25) is 0 Å². The van der Waals surface area contributed by atoms with Gasteiger partial charge in [0.2, 0.25) is 0 Å². The molecule has 1 aliphatic carbocycles. The van der Waals surface area contributed by atoms with Gasteiger partial charge in [-0.3, -0.25) is 9.59 Å². The van der Waals surface area contributed by atoms with Crippen molar-refractivity contribution in [2.45, 2.75) is 51.5 Å². The van der Waals surface area contributed by atoms with Crippen molar-refractivity contribution in [2.24, 2.45) is 5.92 Å². The smallest absolute Gasteiger partial charge is 0.305 e. The van der Waals surface area contributed by atoms with Crippen LogP contribution in [-0.2, 0) is 17.6 Å². The highest BCUT2D eigenvalue weighted by molar-refractivity contribution is 5.95. The normalized spacial score (nSPS) is 24.1. The van der Waals surface area contributed by atoms with Gasteiger partial charge < -0.3 is 10.0 Å². The van der Waals surface area contributed by atoms with E-state index >= 15 is 0 Å². The zero-order valence-electron chi connectivity index (χ0n) is 13.0. The van der Waals surface area contributed by atoms with Crippen molar-refractivity contribution in [3.05, 3.63) is 34.9 Å². The molecule has 0 spiro atoms. The third-order valence-corrected chi connectivity index (χ3v) is 5.11. The van der Waals surface area contributed by atoms with Crippen molar-refractivity contribution in [1.82, 2.24) is 4.90 Å². The number of hydrogen-bond acceptors (Lipinski definition) is 2. The molecule has 1 heterocycles. The highest BCUT2D eigenvalue weighted by Crippen LogP contribution is 2.29. The SMILES string of the molecule is CC1CCCN(C(=O)c2ccc3c(c2)CCC3)C1CC(=O)O. The van der Waals surface area contributed by atoms with Gasteiger partial charge in [-0.05, 0) is 61.3 Å².